The number of benzene rings is 1. The van der Waals surface area contributed by atoms with Crippen molar-refractivity contribution in [2.45, 2.75) is 38.0 Å². The second-order valence-corrected chi connectivity index (χ2v) is 5.99. The third kappa shape index (κ3) is 4.25. The molecule has 0 bridgehead atoms. The number of nitrogens with zero attached hydrogens (tertiary/aromatic N) is 1. The summed E-state index contributed by atoms with van der Waals surface area (Å²) >= 11 is 0. The van der Waals surface area contributed by atoms with Gasteiger partial charge in [0, 0.05) is 24.2 Å². The zero-order chi connectivity index (χ0) is 16.1. The van der Waals surface area contributed by atoms with Crippen LogP contribution in [0.3, 0.4) is 0 Å². The van der Waals surface area contributed by atoms with Crippen molar-refractivity contribution in [2.75, 3.05) is 11.9 Å². The van der Waals surface area contributed by atoms with Gasteiger partial charge in [0.2, 0.25) is 0 Å². The lowest BCUT2D eigenvalue weighted by Gasteiger charge is -2.06. The molecule has 1 heterocycles. The number of phenolic OH excluding ortho intramolecular Hbond substituents is 1. The highest BCUT2D eigenvalue weighted by atomic mass is 16.3. The summed E-state index contributed by atoms with van der Waals surface area (Å²) in [5, 5.41) is 22.0. The quantitative estimate of drug-likeness (QED) is 0.683. The summed E-state index contributed by atoms with van der Waals surface area (Å²) in [6.07, 6.45) is 5.64. The van der Waals surface area contributed by atoms with E-state index in [1.165, 1.54) is 25.7 Å². The van der Waals surface area contributed by atoms with Gasteiger partial charge in [-0.25, -0.2) is 4.79 Å². The minimum Gasteiger partial charge on any atom is -0.508 e. The molecule has 2 amide bonds. The van der Waals surface area contributed by atoms with Crippen molar-refractivity contribution >= 4 is 11.8 Å². The molecule has 1 aromatic carbocycles. The van der Waals surface area contributed by atoms with E-state index in [4.69, 9.17) is 0 Å². The first-order chi connectivity index (χ1) is 11.2. The summed E-state index contributed by atoms with van der Waals surface area (Å²) in [6, 6.07) is 8.64. The number of aromatic nitrogens is 2. The Morgan fingerprint density at radius 1 is 1.26 bits per heavy atom. The Hall–Kier alpha value is -2.50. The largest absolute Gasteiger partial charge is 0.508 e. The molecule has 0 aliphatic heterocycles. The molecule has 23 heavy (non-hydrogen) atoms. The number of aromatic amines is 1. The number of amides is 2. The number of aromatic hydroxyl groups is 1. The van der Waals surface area contributed by atoms with Crippen LogP contribution in [0.1, 0.15) is 42.9 Å². The molecule has 0 saturated heterocycles. The van der Waals surface area contributed by atoms with Gasteiger partial charge in [0.05, 0.1) is 0 Å². The normalized spacial score (nSPS) is 14.8. The summed E-state index contributed by atoms with van der Waals surface area (Å²) in [5.74, 6) is 1.36. The fraction of sp³-hybridized carbons (Fsp3) is 0.412. The molecule has 0 radical (unpaired) electrons. The fourth-order valence-electron chi connectivity index (χ4n) is 2.99. The molecule has 3 rings (SSSR count). The number of urea groups is 1. The average molecular weight is 314 g/mol. The number of carbonyl (C=O) groups is 1. The highest BCUT2D eigenvalue weighted by Crippen LogP contribution is 2.33. The molecule has 6 heteroatoms. The van der Waals surface area contributed by atoms with E-state index in [2.05, 4.69) is 20.8 Å². The maximum atomic E-state index is 11.9. The number of H-pyrrole nitrogens is 1. The predicted molar refractivity (Wildman–Crippen MR) is 88.6 cm³/mol. The molecular formula is C17H22N4O2. The first-order valence-electron chi connectivity index (χ1n) is 8.09. The molecule has 0 unspecified atom stereocenters. The maximum Gasteiger partial charge on any atom is 0.320 e. The van der Waals surface area contributed by atoms with Crippen LogP contribution in [0.15, 0.2) is 30.3 Å². The van der Waals surface area contributed by atoms with E-state index < -0.39 is 0 Å². The van der Waals surface area contributed by atoms with E-state index >= 15 is 0 Å². The van der Waals surface area contributed by atoms with Crippen molar-refractivity contribution in [2.24, 2.45) is 0 Å². The van der Waals surface area contributed by atoms with Gasteiger partial charge in [-0.2, -0.15) is 5.10 Å². The molecule has 1 saturated carbocycles. The summed E-state index contributed by atoms with van der Waals surface area (Å²) in [4.78, 5) is 11.9. The van der Waals surface area contributed by atoms with Gasteiger partial charge in [-0.15, -0.1) is 0 Å². The first kappa shape index (κ1) is 15.4. The van der Waals surface area contributed by atoms with E-state index in [0.29, 0.717) is 24.7 Å². The first-order valence-corrected chi connectivity index (χ1v) is 8.09. The number of anilines is 1. The minimum atomic E-state index is -0.256. The van der Waals surface area contributed by atoms with Gasteiger partial charge < -0.3 is 10.4 Å². The zero-order valence-corrected chi connectivity index (χ0v) is 13.0. The number of rotatable bonds is 5. The molecule has 0 spiro atoms. The SMILES string of the molecule is O=C(NCCc1ccc(O)cc1)Nc1cc(C2CCCC2)[nH]n1. The Morgan fingerprint density at radius 3 is 2.74 bits per heavy atom. The molecule has 1 fully saturated rings. The molecule has 4 N–H and O–H groups in total. The van der Waals surface area contributed by atoms with E-state index in [0.717, 1.165) is 11.3 Å². The van der Waals surface area contributed by atoms with Crippen LogP contribution >= 0.6 is 0 Å². The smallest absolute Gasteiger partial charge is 0.320 e. The third-order valence-electron chi connectivity index (χ3n) is 4.27. The van der Waals surface area contributed by atoms with Crippen molar-refractivity contribution in [1.82, 2.24) is 15.5 Å². The lowest BCUT2D eigenvalue weighted by atomic mass is 10.0. The van der Waals surface area contributed by atoms with Gasteiger partial charge in [0.1, 0.15) is 5.75 Å². The highest BCUT2D eigenvalue weighted by Gasteiger charge is 2.19. The van der Waals surface area contributed by atoms with Gasteiger partial charge in [-0.05, 0) is 37.0 Å². The van der Waals surface area contributed by atoms with Gasteiger partial charge >= 0.3 is 6.03 Å². The Kier molecular flexibility index (Phi) is 4.80. The van der Waals surface area contributed by atoms with Crippen molar-refractivity contribution in [3.63, 3.8) is 0 Å². The van der Waals surface area contributed by atoms with Crippen LogP contribution in [0.25, 0.3) is 0 Å². The van der Waals surface area contributed by atoms with E-state index in [-0.39, 0.29) is 11.8 Å². The summed E-state index contributed by atoms with van der Waals surface area (Å²) in [7, 11) is 0. The van der Waals surface area contributed by atoms with Crippen LogP contribution in [-0.4, -0.2) is 27.9 Å². The van der Waals surface area contributed by atoms with Crippen LogP contribution in [0.4, 0.5) is 10.6 Å². The number of phenols is 1. The summed E-state index contributed by atoms with van der Waals surface area (Å²) < 4.78 is 0. The molecule has 2 aromatic rings. The highest BCUT2D eigenvalue weighted by molar-refractivity contribution is 5.88. The second kappa shape index (κ2) is 7.17. The molecule has 0 atom stereocenters. The summed E-state index contributed by atoms with van der Waals surface area (Å²) in [5.41, 5.74) is 2.17. The van der Waals surface area contributed by atoms with Crippen LogP contribution in [0.5, 0.6) is 5.75 Å². The van der Waals surface area contributed by atoms with Crippen molar-refractivity contribution < 1.29 is 9.90 Å². The lowest BCUT2D eigenvalue weighted by Crippen LogP contribution is -2.30. The van der Waals surface area contributed by atoms with Crippen LogP contribution in [-0.2, 0) is 6.42 Å². The van der Waals surface area contributed by atoms with Gasteiger partial charge in [-0.1, -0.05) is 25.0 Å². The Balaban J connectivity index is 1.43. The second-order valence-electron chi connectivity index (χ2n) is 5.99. The van der Waals surface area contributed by atoms with Crippen molar-refractivity contribution in [3.05, 3.63) is 41.6 Å². The monoisotopic (exact) mass is 314 g/mol. The number of hydrogen-bond acceptors (Lipinski definition) is 3. The number of carbonyl (C=O) groups excluding carboxylic acids is 1. The van der Waals surface area contributed by atoms with E-state index in [9.17, 15) is 9.90 Å². The number of hydrogen-bond donors (Lipinski definition) is 4. The number of nitrogens with one attached hydrogen (secondary N) is 3. The van der Waals surface area contributed by atoms with Crippen LogP contribution in [0, 0.1) is 0 Å². The topological polar surface area (TPSA) is 90.0 Å². The van der Waals surface area contributed by atoms with Gasteiger partial charge in [-0.3, -0.25) is 10.4 Å². The molecule has 1 aliphatic carbocycles. The Labute approximate surface area is 135 Å². The van der Waals surface area contributed by atoms with E-state index in [1.807, 2.05) is 18.2 Å². The van der Waals surface area contributed by atoms with Crippen molar-refractivity contribution in [1.29, 1.82) is 0 Å². The third-order valence-corrected chi connectivity index (χ3v) is 4.27. The van der Waals surface area contributed by atoms with Crippen LogP contribution < -0.4 is 10.6 Å². The zero-order valence-electron chi connectivity index (χ0n) is 13.0. The average Bonchev–Trinajstić information content (AvgIpc) is 3.20. The Morgan fingerprint density at radius 2 is 2.00 bits per heavy atom. The maximum absolute atomic E-state index is 11.9. The standard InChI is InChI=1S/C17H22N4O2/c22-14-7-5-12(6-8-14)9-10-18-17(23)19-16-11-15(20-21-16)13-3-1-2-4-13/h5-8,11,13,22H,1-4,9-10H2,(H3,18,19,20,21,23). The fourth-order valence-corrected chi connectivity index (χ4v) is 2.99. The molecule has 6 nitrogen and oxygen atoms in total. The Bertz CT molecular complexity index is 645. The van der Waals surface area contributed by atoms with Gasteiger partial charge in [0.25, 0.3) is 0 Å². The lowest BCUT2D eigenvalue weighted by molar-refractivity contribution is 0.252. The molecule has 1 aliphatic rings. The molecule has 122 valence electrons. The van der Waals surface area contributed by atoms with Crippen LogP contribution in [0.2, 0.25) is 0 Å². The predicted octanol–water partition coefficient (Wildman–Crippen LogP) is 3.14. The molecule has 1 aromatic heterocycles. The molecular weight excluding hydrogens is 292 g/mol. The summed E-state index contributed by atoms with van der Waals surface area (Å²) in [6.45, 7) is 0.524. The minimum absolute atomic E-state index is 0.246. The van der Waals surface area contributed by atoms with Gasteiger partial charge in [0.15, 0.2) is 5.82 Å². The van der Waals surface area contributed by atoms with E-state index in [1.54, 1.807) is 12.1 Å². The van der Waals surface area contributed by atoms with Crippen molar-refractivity contribution in [3.8, 4) is 5.75 Å².